The van der Waals surface area contributed by atoms with Crippen molar-refractivity contribution in [1.29, 1.82) is 0 Å². The normalized spacial score (nSPS) is 10.9. The van der Waals surface area contributed by atoms with Gasteiger partial charge in [0.2, 0.25) is 0 Å². The summed E-state index contributed by atoms with van der Waals surface area (Å²) in [5, 5.41) is 8.65. The lowest BCUT2D eigenvalue weighted by atomic mass is 10.1. The van der Waals surface area contributed by atoms with Crippen LogP contribution in [0.2, 0.25) is 0 Å². The molecule has 1 aromatic carbocycles. The van der Waals surface area contributed by atoms with Crippen LogP contribution in [0, 0.1) is 11.8 Å². The molecule has 104 valence electrons. The summed E-state index contributed by atoms with van der Waals surface area (Å²) in [6.07, 6.45) is 0. The molecule has 0 aliphatic carbocycles. The molecule has 0 aliphatic heterocycles. The summed E-state index contributed by atoms with van der Waals surface area (Å²) in [4.78, 5) is 0. The monoisotopic (exact) mass is 262 g/mol. The predicted octanol–water partition coefficient (Wildman–Crippen LogP) is 2.36. The van der Waals surface area contributed by atoms with Crippen LogP contribution in [0.1, 0.15) is 31.9 Å². The molecule has 0 aliphatic rings. The Morgan fingerprint density at radius 2 is 2.00 bits per heavy atom. The van der Waals surface area contributed by atoms with Crippen molar-refractivity contribution >= 4 is 0 Å². The first-order valence-corrected chi connectivity index (χ1v) is 6.41. The highest BCUT2D eigenvalue weighted by Gasteiger charge is 2.08. The van der Waals surface area contributed by atoms with E-state index < -0.39 is 0 Å². The fourth-order valence-corrected chi connectivity index (χ4v) is 1.48. The standard InChI is InChI=1S/C16H22O3/c1-16(2,3)19-11-10-18-13-15-7-4-6-14(12-15)8-5-9-17/h4,6-7,12,17H,9-11,13H2,1-3H3. The number of hydrogen-bond donors (Lipinski definition) is 1. The minimum Gasteiger partial charge on any atom is -0.384 e. The Hall–Kier alpha value is -1.34. The average Bonchev–Trinajstić information content (AvgIpc) is 2.35. The lowest BCUT2D eigenvalue weighted by Crippen LogP contribution is -2.21. The van der Waals surface area contributed by atoms with Crippen LogP contribution in [0.25, 0.3) is 0 Å². The van der Waals surface area contributed by atoms with E-state index in [-0.39, 0.29) is 12.2 Å². The van der Waals surface area contributed by atoms with Crippen LogP contribution in [0.15, 0.2) is 24.3 Å². The van der Waals surface area contributed by atoms with Crippen molar-refractivity contribution in [2.24, 2.45) is 0 Å². The van der Waals surface area contributed by atoms with Gasteiger partial charge in [0.1, 0.15) is 6.61 Å². The van der Waals surface area contributed by atoms with E-state index in [0.717, 1.165) is 11.1 Å². The van der Waals surface area contributed by atoms with E-state index >= 15 is 0 Å². The fraction of sp³-hybridized carbons (Fsp3) is 0.500. The minimum atomic E-state index is -0.122. The number of ether oxygens (including phenoxy) is 2. The molecule has 19 heavy (non-hydrogen) atoms. The summed E-state index contributed by atoms with van der Waals surface area (Å²) in [7, 11) is 0. The minimum absolute atomic E-state index is 0.120. The molecule has 3 nitrogen and oxygen atoms in total. The lowest BCUT2D eigenvalue weighted by molar-refractivity contribution is -0.0376. The van der Waals surface area contributed by atoms with Crippen LogP contribution < -0.4 is 0 Å². The van der Waals surface area contributed by atoms with Gasteiger partial charge in [-0.15, -0.1) is 0 Å². The second-order valence-electron chi connectivity index (χ2n) is 5.17. The van der Waals surface area contributed by atoms with Gasteiger partial charge in [0.15, 0.2) is 0 Å². The maximum Gasteiger partial charge on any atom is 0.104 e. The van der Waals surface area contributed by atoms with E-state index in [2.05, 4.69) is 11.8 Å². The number of benzene rings is 1. The molecule has 3 heteroatoms. The van der Waals surface area contributed by atoms with E-state index in [0.29, 0.717) is 19.8 Å². The summed E-state index contributed by atoms with van der Waals surface area (Å²) >= 11 is 0. The highest BCUT2D eigenvalue weighted by atomic mass is 16.5. The van der Waals surface area contributed by atoms with Crippen molar-refractivity contribution in [3.63, 3.8) is 0 Å². The fourth-order valence-electron chi connectivity index (χ4n) is 1.48. The van der Waals surface area contributed by atoms with Crippen LogP contribution >= 0.6 is 0 Å². The number of hydrogen-bond acceptors (Lipinski definition) is 3. The second-order valence-corrected chi connectivity index (χ2v) is 5.17. The molecule has 1 aromatic rings. The molecule has 0 fully saturated rings. The third-order valence-electron chi connectivity index (χ3n) is 2.27. The third kappa shape index (κ3) is 7.63. The van der Waals surface area contributed by atoms with Crippen molar-refractivity contribution in [1.82, 2.24) is 0 Å². The zero-order chi connectivity index (χ0) is 14.1. The summed E-state index contributed by atoms with van der Waals surface area (Å²) in [6, 6.07) is 7.81. The quantitative estimate of drug-likeness (QED) is 0.654. The molecule has 1 rings (SSSR count). The molecule has 0 atom stereocenters. The van der Waals surface area contributed by atoms with Gasteiger partial charge in [-0.1, -0.05) is 24.0 Å². The van der Waals surface area contributed by atoms with Gasteiger partial charge in [0.25, 0.3) is 0 Å². The van der Waals surface area contributed by atoms with Crippen LogP contribution in [-0.4, -0.2) is 30.5 Å². The Bertz CT molecular complexity index is 435. The summed E-state index contributed by atoms with van der Waals surface area (Å²) in [5.41, 5.74) is 1.84. The highest BCUT2D eigenvalue weighted by Crippen LogP contribution is 2.07. The van der Waals surface area contributed by atoms with Crippen LogP contribution in [0.5, 0.6) is 0 Å². The van der Waals surface area contributed by atoms with Gasteiger partial charge in [0, 0.05) is 5.56 Å². The zero-order valence-electron chi connectivity index (χ0n) is 11.9. The Morgan fingerprint density at radius 1 is 1.21 bits per heavy atom. The molecule has 0 heterocycles. The molecule has 1 N–H and O–H groups in total. The molecule has 0 saturated carbocycles. The van der Waals surface area contributed by atoms with E-state index in [4.69, 9.17) is 14.6 Å². The van der Waals surface area contributed by atoms with E-state index in [1.807, 2.05) is 45.0 Å². The first kappa shape index (κ1) is 15.7. The van der Waals surface area contributed by atoms with Gasteiger partial charge in [-0.2, -0.15) is 0 Å². The first-order valence-electron chi connectivity index (χ1n) is 6.41. The van der Waals surface area contributed by atoms with Gasteiger partial charge >= 0.3 is 0 Å². The molecule has 0 radical (unpaired) electrons. The Kier molecular flexibility index (Phi) is 6.58. The van der Waals surface area contributed by atoms with Crippen LogP contribution in [0.4, 0.5) is 0 Å². The van der Waals surface area contributed by atoms with Crippen molar-refractivity contribution in [3.8, 4) is 11.8 Å². The van der Waals surface area contributed by atoms with Crippen molar-refractivity contribution in [3.05, 3.63) is 35.4 Å². The maximum atomic E-state index is 8.65. The Balaban J connectivity index is 2.33. The van der Waals surface area contributed by atoms with Crippen molar-refractivity contribution in [2.45, 2.75) is 33.0 Å². The molecule has 0 aromatic heterocycles. The average molecular weight is 262 g/mol. The van der Waals surface area contributed by atoms with Crippen LogP contribution in [-0.2, 0) is 16.1 Å². The predicted molar refractivity (Wildman–Crippen MR) is 75.8 cm³/mol. The SMILES string of the molecule is CC(C)(C)OCCOCc1cccc(C#CCO)c1. The highest BCUT2D eigenvalue weighted by molar-refractivity contribution is 5.36. The first-order chi connectivity index (χ1) is 9.01. The number of aliphatic hydroxyl groups excluding tert-OH is 1. The number of rotatable bonds is 5. The Morgan fingerprint density at radius 3 is 2.68 bits per heavy atom. The van der Waals surface area contributed by atoms with E-state index in [1.165, 1.54) is 0 Å². The van der Waals surface area contributed by atoms with Gasteiger partial charge in [0.05, 0.1) is 25.4 Å². The maximum absolute atomic E-state index is 8.65. The van der Waals surface area contributed by atoms with E-state index in [1.54, 1.807) is 0 Å². The zero-order valence-corrected chi connectivity index (χ0v) is 11.9. The molecule has 0 bridgehead atoms. The number of aliphatic hydroxyl groups is 1. The molecule has 0 saturated heterocycles. The summed E-state index contributed by atoms with van der Waals surface area (Å²) in [5.74, 6) is 5.51. The van der Waals surface area contributed by atoms with Crippen LogP contribution in [0.3, 0.4) is 0 Å². The lowest BCUT2D eigenvalue weighted by Gasteiger charge is -2.19. The Labute approximate surface area is 115 Å². The summed E-state index contributed by atoms with van der Waals surface area (Å²) in [6.45, 7) is 7.66. The largest absolute Gasteiger partial charge is 0.384 e. The van der Waals surface area contributed by atoms with Gasteiger partial charge in [-0.05, 0) is 38.5 Å². The van der Waals surface area contributed by atoms with Gasteiger partial charge in [-0.25, -0.2) is 0 Å². The smallest absolute Gasteiger partial charge is 0.104 e. The molecule has 0 unspecified atom stereocenters. The molecular formula is C16H22O3. The van der Waals surface area contributed by atoms with E-state index in [9.17, 15) is 0 Å². The van der Waals surface area contributed by atoms with Crippen molar-refractivity contribution in [2.75, 3.05) is 19.8 Å². The topological polar surface area (TPSA) is 38.7 Å². The molecule has 0 amide bonds. The molecular weight excluding hydrogens is 240 g/mol. The second kappa shape index (κ2) is 7.96. The van der Waals surface area contributed by atoms with Gasteiger partial charge < -0.3 is 14.6 Å². The summed E-state index contributed by atoms with van der Waals surface area (Å²) < 4.78 is 11.1. The molecule has 0 spiro atoms. The van der Waals surface area contributed by atoms with Gasteiger partial charge in [-0.3, -0.25) is 0 Å². The van der Waals surface area contributed by atoms with Crippen molar-refractivity contribution < 1.29 is 14.6 Å². The third-order valence-corrected chi connectivity index (χ3v) is 2.27.